The minimum absolute atomic E-state index is 0.162. The van der Waals surface area contributed by atoms with E-state index in [-0.39, 0.29) is 18.6 Å². The smallest absolute Gasteiger partial charge is 0.258 e. The Balaban J connectivity index is 1.98. The van der Waals surface area contributed by atoms with Crippen LogP contribution in [0.1, 0.15) is 24.9 Å². The fourth-order valence-corrected chi connectivity index (χ4v) is 3.32. The quantitative estimate of drug-likeness (QED) is 0.616. The molecule has 9 heteroatoms. The molecule has 0 heterocycles. The number of sulfonamides is 1. The van der Waals surface area contributed by atoms with Crippen molar-refractivity contribution in [2.75, 3.05) is 38.4 Å². The summed E-state index contributed by atoms with van der Waals surface area (Å²) in [5.41, 5.74) is 1.41. The zero-order valence-corrected chi connectivity index (χ0v) is 18.7. The van der Waals surface area contributed by atoms with Gasteiger partial charge in [0.05, 0.1) is 32.2 Å². The summed E-state index contributed by atoms with van der Waals surface area (Å²) < 4.78 is 40.4. The third-order valence-corrected chi connectivity index (χ3v) is 5.83. The maximum atomic E-state index is 12.4. The summed E-state index contributed by atoms with van der Waals surface area (Å²) in [6, 6.07) is 11.8. The van der Waals surface area contributed by atoms with Crippen LogP contribution in [0.5, 0.6) is 17.2 Å². The first-order valence-electron chi connectivity index (χ1n) is 9.37. The predicted molar refractivity (Wildman–Crippen MR) is 116 cm³/mol. The standard InChI is InChI=1S/C21H28N2O6S/c1-6-18(15-7-12-19(27-3)20(13-15)28-4)22-21(24)14-29-17-10-8-16(9-11-17)23(2)30(5,25)26/h7-13,18H,6,14H2,1-5H3,(H,22,24)/t18-/m1/s1. The van der Waals surface area contributed by atoms with Gasteiger partial charge in [0.2, 0.25) is 10.0 Å². The molecule has 0 aliphatic rings. The number of carbonyl (C=O) groups excluding carboxylic acids is 1. The fourth-order valence-electron chi connectivity index (χ4n) is 2.82. The minimum atomic E-state index is -3.34. The van der Waals surface area contributed by atoms with Gasteiger partial charge in [-0.2, -0.15) is 0 Å². The molecular formula is C21H28N2O6S. The lowest BCUT2D eigenvalue weighted by molar-refractivity contribution is -0.123. The molecule has 2 aromatic rings. The summed E-state index contributed by atoms with van der Waals surface area (Å²) >= 11 is 0. The molecular weight excluding hydrogens is 408 g/mol. The van der Waals surface area contributed by atoms with Crippen molar-refractivity contribution >= 4 is 21.6 Å². The summed E-state index contributed by atoms with van der Waals surface area (Å²) in [7, 11) is 1.27. The molecule has 0 aliphatic carbocycles. The van der Waals surface area contributed by atoms with Crippen molar-refractivity contribution in [1.29, 1.82) is 0 Å². The Bertz CT molecular complexity index is 960. The Morgan fingerprint density at radius 1 is 1.07 bits per heavy atom. The van der Waals surface area contributed by atoms with Crippen LogP contribution in [0.2, 0.25) is 0 Å². The molecule has 0 aromatic heterocycles. The van der Waals surface area contributed by atoms with Gasteiger partial charge in [0.15, 0.2) is 18.1 Å². The van der Waals surface area contributed by atoms with Crippen molar-refractivity contribution < 1.29 is 27.4 Å². The van der Waals surface area contributed by atoms with Gasteiger partial charge < -0.3 is 19.5 Å². The van der Waals surface area contributed by atoms with Gasteiger partial charge in [-0.3, -0.25) is 9.10 Å². The van der Waals surface area contributed by atoms with Crippen molar-refractivity contribution in [2.24, 2.45) is 0 Å². The summed E-state index contributed by atoms with van der Waals surface area (Å²) in [5, 5.41) is 2.94. The van der Waals surface area contributed by atoms with Crippen LogP contribution >= 0.6 is 0 Å². The van der Waals surface area contributed by atoms with E-state index in [0.717, 1.165) is 11.8 Å². The molecule has 1 atom stereocenters. The minimum Gasteiger partial charge on any atom is -0.493 e. The average Bonchev–Trinajstić information content (AvgIpc) is 2.74. The molecule has 0 aliphatic heterocycles. The second-order valence-corrected chi connectivity index (χ2v) is 8.67. The molecule has 1 N–H and O–H groups in total. The van der Waals surface area contributed by atoms with E-state index in [4.69, 9.17) is 14.2 Å². The Morgan fingerprint density at radius 3 is 2.23 bits per heavy atom. The van der Waals surface area contributed by atoms with E-state index in [0.29, 0.717) is 29.4 Å². The first-order valence-corrected chi connectivity index (χ1v) is 11.2. The lowest BCUT2D eigenvalue weighted by Gasteiger charge is -2.19. The molecule has 0 unspecified atom stereocenters. The molecule has 1 amide bonds. The SMILES string of the molecule is CC[C@@H](NC(=O)COc1ccc(N(C)S(C)(=O)=O)cc1)c1ccc(OC)c(OC)c1. The van der Waals surface area contributed by atoms with Crippen LogP contribution in [0.3, 0.4) is 0 Å². The molecule has 0 bridgehead atoms. The van der Waals surface area contributed by atoms with Crippen LogP contribution in [0.25, 0.3) is 0 Å². The molecule has 0 saturated heterocycles. The van der Waals surface area contributed by atoms with E-state index < -0.39 is 10.0 Å². The van der Waals surface area contributed by atoms with E-state index in [1.54, 1.807) is 44.6 Å². The van der Waals surface area contributed by atoms with Gasteiger partial charge >= 0.3 is 0 Å². The number of nitrogens with zero attached hydrogens (tertiary/aromatic N) is 1. The zero-order valence-electron chi connectivity index (χ0n) is 17.8. The van der Waals surface area contributed by atoms with E-state index in [9.17, 15) is 13.2 Å². The van der Waals surface area contributed by atoms with Crippen molar-refractivity contribution in [1.82, 2.24) is 5.32 Å². The molecule has 0 fully saturated rings. The van der Waals surface area contributed by atoms with E-state index in [1.807, 2.05) is 19.1 Å². The number of nitrogens with one attached hydrogen (secondary N) is 1. The largest absolute Gasteiger partial charge is 0.493 e. The summed E-state index contributed by atoms with van der Waals surface area (Å²) in [6.45, 7) is 1.81. The van der Waals surface area contributed by atoms with Gasteiger partial charge in [-0.15, -0.1) is 0 Å². The predicted octanol–water partition coefficient (Wildman–Crippen LogP) is 2.75. The molecule has 30 heavy (non-hydrogen) atoms. The maximum absolute atomic E-state index is 12.4. The highest BCUT2D eigenvalue weighted by atomic mass is 32.2. The first kappa shape index (κ1) is 23.3. The van der Waals surface area contributed by atoms with Gasteiger partial charge in [0, 0.05) is 7.05 Å². The molecule has 0 saturated carbocycles. The Morgan fingerprint density at radius 2 is 1.70 bits per heavy atom. The highest BCUT2D eigenvalue weighted by molar-refractivity contribution is 7.92. The van der Waals surface area contributed by atoms with Crippen molar-refractivity contribution in [3.8, 4) is 17.2 Å². The third-order valence-electron chi connectivity index (χ3n) is 4.62. The Kier molecular flexibility index (Phi) is 7.93. The van der Waals surface area contributed by atoms with Crippen molar-refractivity contribution in [2.45, 2.75) is 19.4 Å². The molecule has 2 aromatic carbocycles. The normalized spacial score (nSPS) is 12.0. The van der Waals surface area contributed by atoms with Gasteiger partial charge in [-0.25, -0.2) is 8.42 Å². The van der Waals surface area contributed by atoms with Crippen molar-refractivity contribution in [3.05, 3.63) is 48.0 Å². The fraction of sp³-hybridized carbons (Fsp3) is 0.381. The zero-order chi connectivity index (χ0) is 22.3. The van der Waals surface area contributed by atoms with Crippen LogP contribution in [0.15, 0.2) is 42.5 Å². The molecule has 8 nitrogen and oxygen atoms in total. The monoisotopic (exact) mass is 436 g/mol. The van der Waals surface area contributed by atoms with Gasteiger partial charge in [-0.05, 0) is 48.4 Å². The van der Waals surface area contributed by atoms with Gasteiger partial charge in [-0.1, -0.05) is 13.0 Å². The van der Waals surface area contributed by atoms with Crippen LogP contribution in [0, 0.1) is 0 Å². The molecule has 0 radical (unpaired) electrons. The number of rotatable bonds is 10. The summed E-state index contributed by atoms with van der Waals surface area (Å²) in [6.07, 6.45) is 1.82. The molecule has 164 valence electrons. The van der Waals surface area contributed by atoms with E-state index in [2.05, 4.69) is 5.32 Å². The van der Waals surface area contributed by atoms with E-state index >= 15 is 0 Å². The second kappa shape index (κ2) is 10.2. The number of anilines is 1. The number of methoxy groups -OCH3 is 2. The van der Waals surface area contributed by atoms with Gasteiger partial charge in [0.25, 0.3) is 5.91 Å². The Hall–Kier alpha value is -2.94. The van der Waals surface area contributed by atoms with Crippen LogP contribution < -0.4 is 23.8 Å². The highest BCUT2D eigenvalue weighted by Crippen LogP contribution is 2.30. The second-order valence-electron chi connectivity index (χ2n) is 6.66. The number of hydrogen-bond acceptors (Lipinski definition) is 6. The lowest BCUT2D eigenvalue weighted by Crippen LogP contribution is -2.32. The summed E-state index contributed by atoms with van der Waals surface area (Å²) in [5.74, 6) is 1.41. The van der Waals surface area contributed by atoms with Gasteiger partial charge in [0.1, 0.15) is 5.75 Å². The number of carbonyl (C=O) groups is 1. The lowest BCUT2D eigenvalue weighted by atomic mass is 10.0. The topological polar surface area (TPSA) is 94.2 Å². The average molecular weight is 437 g/mol. The maximum Gasteiger partial charge on any atom is 0.258 e. The number of amides is 1. The van der Waals surface area contributed by atoms with Crippen LogP contribution in [-0.4, -0.2) is 48.5 Å². The number of ether oxygens (including phenoxy) is 3. The molecule has 2 rings (SSSR count). The van der Waals surface area contributed by atoms with E-state index in [1.165, 1.54) is 11.4 Å². The Labute approximate surface area is 177 Å². The highest BCUT2D eigenvalue weighted by Gasteiger charge is 2.16. The van der Waals surface area contributed by atoms with Crippen LogP contribution in [-0.2, 0) is 14.8 Å². The number of hydrogen-bond donors (Lipinski definition) is 1. The first-order chi connectivity index (χ1) is 14.2. The van der Waals surface area contributed by atoms with Crippen molar-refractivity contribution in [3.63, 3.8) is 0 Å². The number of benzene rings is 2. The van der Waals surface area contributed by atoms with Crippen LogP contribution in [0.4, 0.5) is 5.69 Å². The molecule has 0 spiro atoms. The third kappa shape index (κ3) is 6.03. The summed E-state index contributed by atoms with van der Waals surface area (Å²) in [4.78, 5) is 12.4.